The third kappa shape index (κ3) is 5.89. The molecule has 0 saturated carbocycles. The van der Waals surface area contributed by atoms with Crippen molar-refractivity contribution in [3.8, 4) is 0 Å². The van der Waals surface area contributed by atoms with Crippen LogP contribution < -0.4 is 10.4 Å². The summed E-state index contributed by atoms with van der Waals surface area (Å²) in [6.45, 7) is 10.8. The largest absolute Gasteiger partial charge is 0.462 e. The Morgan fingerprint density at radius 1 is 0.714 bits per heavy atom. The van der Waals surface area contributed by atoms with E-state index in [-0.39, 0.29) is 24.9 Å². The molecule has 6 heteroatoms. The third-order valence-corrected chi connectivity index (χ3v) is 10.9. The lowest BCUT2D eigenvalue weighted by atomic mass is 10.1. The molecule has 5 nitrogen and oxygen atoms in total. The predicted molar refractivity (Wildman–Crippen MR) is 141 cm³/mol. The minimum atomic E-state index is -2.78. The minimum Gasteiger partial charge on any atom is -0.462 e. The fourth-order valence-corrected chi connectivity index (χ4v) is 8.93. The SMILES string of the molecule is CCOC(=O)c1cc(CO[Si](c2ccccc2)(c2ccccc2)C(C)(C)C)cc(C(=O)OCC)c1. The monoisotopic (exact) mass is 490 g/mol. The summed E-state index contributed by atoms with van der Waals surface area (Å²) < 4.78 is 17.4. The average molecular weight is 491 g/mol. The van der Waals surface area contributed by atoms with Gasteiger partial charge in [-0.05, 0) is 53.0 Å². The van der Waals surface area contributed by atoms with E-state index in [1.165, 1.54) is 6.07 Å². The second-order valence-corrected chi connectivity index (χ2v) is 13.6. The summed E-state index contributed by atoms with van der Waals surface area (Å²) in [5, 5.41) is 2.12. The average Bonchev–Trinajstić information content (AvgIpc) is 2.85. The van der Waals surface area contributed by atoms with Crippen molar-refractivity contribution < 1.29 is 23.5 Å². The first-order valence-corrected chi connectivity index (χ1v) is 13.9. The highest BCUT2D eigenvalue weighted by molar-refractivity contribution is 6.99. The van der Waals surface area contributed by atoms with Crippen LogP contribution in [0.2, 0.25) is 5.04 Å². The minimum absolute atomic E-state index is 0.196. The van der Waals surface area contributed by atoms with Gasteiger partial charge < -0.3 is 13.9 Å². The van der Waals surface area contributed by atoms with Crippen LogP contribution in [0.25, 0.3) is 0 Å². The number of carbonyl (C=O) groups excluding carboxylic acids is 2. The number of esters is 2. The summed E-state index contributed by atoms with van der Waals surface area (Å²) in [6, 6.07) is 25.7. The quantitative estimate of drug-likeness (QED) is 0.308. The number of rotatable bonds is 9. The highest BCUT2D eigenvalue weighted by Gasteiger charge is 2.50. The molecule has 0 fully saturated rings. The van der Waals surface area contributed by atoms with Crippen molar-refractivity contribution in [3.05, 3.63) is 95.6 Å². The molecule has 0 amide bonds. The molecule has 0 radical (unpaired) electrons. The fraction of sp³-hybridized carbons (Fsp3) is 0.310. The van der Waals surface area contributed by atoms with Gasteiger partial charge >= 0.3 is 11.9 Å². The van der Waals surface area contributed by atoms with Crippen molar-refractivity contribution in [3.63, 3.8) is 0 Å². The lowest BCUT2D eigenvalue weighted by molar-refractivity contribution is 0.0525. The highest BCUT2D eigenvalue weighted by atomic mass is 28.4. The molecule has 0 bridgehead atoms. The van der Waals surface area contributed by atoms with Crippen molar-refractivity contribution in [1.29, 1.82) is 0 Å². The molecule has 0 spiro atoms. The van der Waals surface area contributed by atoms with Crippen LogP contribution in [0.15, 0.2) is 78.9 Å². The summed E-state index contributed by atoms with van der Waals surface area (Å²) in [7, 11) is -2.78. The molecule has 0 unspecified atom stereocenters. The van der Waals surface area contributed by atoms with Gasteiger partial charge in [0.2, 0.25) is 0 Å². The first-order chi connectivity index (χ1) is 16.7. The first-order valence-electron chi connectivity index (χ1n) is 12.0. The van der Waals surface area contributed by atoms with Crippen LogP contribution in [0, 0.1) is 0 Å². The van der Waals surface area contributed by atoms with E-state index in [2.05, 4.69) is 45.0 Å². The molecule has 0 aliphatic carbocycles. The Balaban J connectivity index is 2.10. The molecule has 0 atom stereocenters. The second kappa shape index (κ2) is 11.5. The summed E-state index contributed by atoms with van der Waals surface area (Å²) in [5.74, 6) is -0.962. The zero-order valence-corrected chi connectivity index (χ0v) is 22.2. The molecule has 0 saturated heterocycles. The molecule has 0 heterocycles. The standard InChI is InChI=1S/C29H34O5Si/c1-6-32-27(30)23-18-22(19-24(20-23)28(31)33-7-2)21-34-35(29(3,4)5,25-14-10-8-11-15-25)26-16-12-9-13-17-26/h8-20H,6-7,21H2,1-5H3. The number of ether oxygens (including phenoxy) is 2. The lowest BCUT2D eigenvalue weighted by Gasteiger charge is -2.43. The fourth-order valence-electron chi connectivity index (χ4n) is 4.39. The van der Waals surface area contributed by atoms with Crippen molar-refractivity contribution >= 4 is 30.6 Å². The molecule has 35 heavy (non-hydrogen) atoms. The maximum Gasteiger partial charge on any atom is 0.338 e. The van der Waals surface area contributed by atoms with Gasteiger partial charge in [-0.1, -0.05) is 81.4 Å². The summed E-state index contributed by atoms with van der Waals surface area (Å²) in [4.78, 5) is 25.1. The van der Waals surface area contributed by atoms with Crippen LogP contribution in [-0.4, -0.2) is 33.5 Å². The molecular weight excluding hydrogens is 456 g/mol. The van der Waals surface area contributed by atoms with Gasteiger partial charge in [0, 0.05) is 0 Å². The van der Waals surface area contributed by atoms with E-state index in [4.69, 9.17) is 13.9 Å². The van der Waals surface area contributed by atoms with Crippen LogP contribution >= 0.6 is 0 Å². The predicted octanol–water partition coefficient (Wildman–Crippen LogP) is 5.12. The maximum absolute atomic E-state index is 12.5. The second-order valence-electron chi connectivity index (χ2n) is 9.31. The number of hydrogen-bond acceptors (Lipinski definition) is 5. The van der Waals surface area contributed by atoms with E-state index in [1.54, 1.807) is 26.0 Å². The van der Waals surface area contributed by atoms with E-state index < -0.39 is 20.3 Å². The molecule has 0 aliphatic rings. The molecule has 3 rings (SSSR count). The Hall–Kier alpha value is -3.22. The molecule has 0 aliphatic heterocycles. The number of benzene rings is 3. The van der Waals surface area contributed by atoms with Crippen LogP contribution in [-0.2, 0) is 20.5 Å². The van der Waals surface area contributed by atoms with Gasteiger partial charge in [0.1, 0.15) is 0 Å². The summed E-state index contributed by atoms with van der Waals surface area (Å²) in [5.41, 5.74) is 1.32. The Kier molecular flexibility index (Phi) is 8.65. The molecule has 0 N–H and O–H groups in total. The van der Waals surface area contributed by atoms with Gasteiger partial charge in [0.25, 0.3) is 8.32 Å². The van der Waals surface area contributed by atoms with Crippen molar-refractivity contribution in [2.75, 3.05) is 13.2 Å². The summed E-state index contributed by atoms with van der Waals surface area (Å²) >= 11 is 0. The first kappa shape index (κ1) is 26.4. The maximum atomic E-state index is 12.5. The van der Waals surface area contributed by atoms with E-state index in [9.17, 15) is 9.59 Å². The van der Waals surface area contributed by atoms with E-state index in [0.29, 0.717) is 16.7 Å². The van der Waals surface area contributed by atoms with Gasteiger partial charge in [-0.3, -0.25) is 0 Å². The lowest BCUT2D eigenvalue weighted by Crippen LogP contribution is -2.66. The van der Waals surface area contributed by atoms with E-state index in [1.807, 2.05) is 36.4 Å². The van der Waals surface area contributed by atoms with Gasteiger partial charge in [-0.25, -0.2) is 9.59 Å². The normalized spacial score (nSPS) is 11.7. The molecule has 3 aromatic carbocycles. The van der Waals surface area contributed by atoms with Gasteiger partial charge in [-0.2, -0.15) is 0 Å². The third-order valence-electron chi connectivity index (χ3n) is 5.89. The van der Waals surface area contributed by atoms with E-state index >= 15 is 0 Å². The Labute approximate surface area is 209 Å². The molecular formula is C29H34O5Si. The van der Waals surface area contributed by atoms with Crippen LogP contribution in [0.1, 0.15) is 60.9 Å². The summed E-state index contributed by atoms with van der Waals surface area (Å²) in [6.07, 6.45) is 0. The van der Waals surface area contributed by atoms with Crippen LogP contribution in [0.4, 0.5) is 0 Å². The molecule has 0 aromatic heterocycles. The Bertz CT molecular complexity index is 1060. The Morgan fingerprint density at radius 3 is 1.51 bits per heavy atom. The van der Waals surface area contributed by atoms with Crippen molar-refractivity contribution in [2.45, 2.75) is 46.3 Å². The number of carbonyl (C=O) groups is 2. The number of hydrogen-bond donors (Lipinski definition) is 0. The smallest absolute Gasteiger partial charge is 0.338 e. The van der Waals surface area contributed by atoms with Crippen molar-refractivity contribution in [2.24, 2.45) is 0 Å². The highest BCUT2D eigenvalue weighted by Crippen LogP contribution is 2.37. The van der Waals surface area contributed by atoms with Crippen molar-refractivity contribution in [1.82, 2.24) is 0 Å². The Morgan fingerprint density at radius 2 is 1.14 bits per heavy atom. The van der Waals surface area contributed by atoms with E-state index in [0.717, 1.165) is 10.4 Å². The van der Waals surface area contributed by atoms with Crippen LogP contribution in [0.3, 0.4) is 0 Å². The molecule has 3 aromatic rings. The zero-order valence-electron chi connectivity index (χ0n) is 21.2. The van der Waals surface area contributed by atoms with Gasteiger partial charge in [-0.15, -0.1) is 0 Å². The van der Waals surface area contributed by atoms with Gasteiger partial charge in [0.15, 0.2) is 0 Å². The van der Waals surface area contributed by atoms with Crippen LogP contribution in [0.5, 0.6) is 0 Å². The molecule has 184 valence electrons. The topological polar surface area (TPSA) is 61.8 Å². The van der Waals surface area contributed by atoms with Gasteiger partial charge in [0.05, 0.1) is 30.9 Å². The zero-order chi connectivity index (χ0) is 25.5.